The molecule has 22 heavy (non-hydrogen) atoms. The molecule has 1 aromatic carbocycles. The Morgan fingerprint density at radius 3 is 2.91 bits per heavy atom. The number of fused-ring (bicyclic) bond motifs is 1. The third-order valence-corrected chi connectivity index (χ3v) is 3.28. The van der Waals surface area contributed by atoms with E-state index in [9.17, 15) is 9.18 Å². The van der Waals surface area contributed by atoms with Crippen LogP contribution >= 0.6 is 0 Å². The summed E-state index contributed by atoms with van der Waals surface area (Å²) in [4.78, 5) is 20.4. The fourth-order valence-electron chi connectivity index (χ4n) is 2.36. The summed E-state index contributed by atoms with van der Waals surface area (Å²) in [7, 11) is 0. The molecule has 5 nitrogen and oxygen atoms in total. The molecule has 0 bridgehead atoms. The molecule has 0 radical (unpaired) electrons. The summed E-state index contributed by atoms with van der Waals surface area (Å²) >= 11 is 0. The Bertz CT molecular complexity index is 815. The third-order valence-electron chi connectivity index (χ3n) is 3.28. The van der Waals surface area contributed by atoms with Gasteiger partial charge < -0.3 is 9.30 Å². The standard InChI is InChI=1S/C16H14FN3O2/c1-2-22-16(21)15-8-11-7-12(17)3-4-14(11)20(15)10-13-9-18-5-6-19-13/h3-9H,2,10H2,1H3. The van der Waals surface area contributed by atoms with Crippen molar-refractivity contribution < 1.29 is 13.9 Å². The molecule has 0 saturated heterocycles. The number of benzene rings is 1. The number of ether oxygens (including phenoxy) is 1. The number of rotatable bonds is 4. The van der Waals surface area contributed by atoms with Crippen LogP contribution in [0.1, 0.15) is 23.1 Å². The molecule has 0 saturated carbocycles. The number of nitrogens with zero attached hydrogens (tertiary/aromatic N) is 3. The zero-order valence-electron chi connectivity index (χ0n) is 12.0. The number of halogens is 1. The summed E-state index contributed by atoms with van der Waals surface area (Å²) in [6, 6.07) is 6.03. The maximum absolute atomic E-state index is 13.4. The number of hydrogen-bond donors (Lipinski definition) is 0. The van der Waals surface area contributed by atoms with E-state index >= 15 is 0 Å². The van der Waals surface area contributed by atoms with Crippen LogP contribution < -0.4 is 0 Å². The Kier molecular flexibility index (Phi) is 3.82. The number of hydrogen-bond acceptors (Lipinski definition) is 4. The number of aromatic nitrogens is 3. The van der Waals surface area contributed by atoms with Crippen molar-refractivity contribution in [3.8, 4) is 0 Å². The molecule has 0 N–H and O–H groups in total. The van der Waals surface area contributed by atoms with Crippen LogP contribution in [-0.4, -0.2) is 27.1 Å². The molecule has 0 aliphatic rings. The molecular weight excluding hydrogens is 285 g/mol. The number of carbonyl (C=O) groups is 1. The maximum Gasteiger partial charge on any atom is 0.354 e. The summed E-state index contributed by atoms with van der Waals surface area (Å²) in [6.45, 7) is 2.38. The average molecular weight is 299 g/mol. The summed E-state index contributed by atoms with van der Waals surface area (Å²) in [5, 5.41) is 0.645. The molecule has 2 heterocycles. The highest BCUT2D eigenvalue weighted by Gasteiger charge is 2.17. The minimum Gasteiger partial charge on any atom is -0.461 e. The highest BCUT2D eigenvalue weighted by Crippen LogP contribution is 2.22. The van der Waals surface area contributed by atoms with Gasteiger partial charge in [-0.05, 0) is 31.2 Å². The van der Waals surface area contributed by atoms with Gasteiger partial charge in [0, 0.05) is 23.3 Å². The van der Waals surface area contributed by atoms with E-state index in [1.54, 1.807) is 42.2 Å². The van der Waals surface area contributed by atoms with E-state index < -0.39 is 5.97 Å². The second-order valence-electron chi connectivity index (χ2n) is 4.74. The lowest BCUT2D eigenvalue weighted by molar-refractivity contribution is 0.0515. The summed E-state index contributed by atoms with van der Waals surface area (Å²) in [5.74, 6) is -0.789. The van der Waals surface area contributed by atoms with Crippen molar-refractivity contribution in [1.82, 2.24) is 14.5 Å². The highest BCUT2D eigenvalue weighted by molar-refractivity contribution is 5.95. The molecule has 0 aliphatic heterocycles. The first kappa shape index (κ1) is 14.2. The van der Waals surface area contributed by atoms with E-state index in [1.807, 2.05) is 0 Å². The molecule has 3 aromatic rings. The van der Waals surface area contributed by atoms with E-state index in [1.165, 1.54) is 12.1 Å². The van der Waals surface area contributed by atoms with E-state index in [0.29, 0.717) is 23.3 Å². The minimum absolute atomic E-state index is 0.278. The van der Waals surface area contributed by atoms with Crippen LogP contribution in [0.5, 0.6) is 0 Å². The summed E-state index contributed by atoms with van der Waals surface area (Å²) in [6.07, 6.45) is 4.80. The van der Waals surface area contributed by atoms with Crippen LogP contribution in [0.4, 0.5) is 4.39 Å². The number of carbonyl (C=O) groups excluding carboxylic acids is 1. The van der Waals surface area contributed by atoms with Gasteiger partial charge in [-0.3, -0.25) is 9.97 Å². The average Bonchev–Trinajstić information content (AvgIpc) is 2.86. The van der Waals surface area contributed by atoms with Gasteiger partial charge in [0.15, 0.2) is 0 Å². The lowest BCUT2D eigenvalue weighted by Gasteiger charge is -2.09. The molecule has 0 atom stereocenters. The van der Waals surface area contributed by atoms with Gasteiger partial charge in [-0.1, -0.05) is 0 Å². The molecule has 6 heteroatoms. The first-order valence-corrected chi connectivity index (χ1v) is 6.90. The summed E-state index contributed by atoms with van der Waals surface area (Å²) in [5.41, 5.74) is 1.82. The Morgan fingerprint density at radius 1 is 1.32 bits per heavy atom. The Morgan fingerprint density at radius 2 is 2.18 bits per heavy atom. The van der Waals surface area contributed by atoms with E-state index in [0.717, 1.165) is 5.52 Å². The van der Waals surface area contributed by atoms with Crippen LogP contribution in [0.2, 0.25) is 0 Å². The van der Waals surface area contributed by atoms with Crippen molar-refractivity contribution in [2.75, 3.05) is 6.61 Å². The molecule has 2 aromatic heterocycles. The summed E-state index contributed by atoms with van der Waals surface area (Å²) < 4.78 is 20.2. The monoisotopic (exact) mass is 299 g/mol. The van der Waals surface area contributed by atoms with Crippen molar-refractivity contribution in [1.29, 1.82) is 0 Å². The van der Waals surface area contributed by atoms with Gasteiger partial charge in [-0.15, -0.1) is 0 Å². The topological polar surface area (TPSA) is 57.0 Å². The van der Waals surface area contributed by atoms with Crippen LogP contribution in [0, 0.1) is 5.82 Å². The van der Waals surface area contributed by atoms with Gasteiger partial charge in [-0.25, -0.2) is 9.18 Å². The Balaban J connectivity index is 2.12. The van der Waals surface area contributed by atoms with Crippen molar-refractivity contribution >= 4 is 16.9 Å². The molecule has 0 unspecified atom stereocenters. The molecular formula is C16H14FN3O2. The van der Waals surface area contributed by atoms with Gasteiger partial charge in [0.05, 0.1) is 25.0 Å². The third kappa shape index (κ3) is 2.67. The van der Waals surface area contributed by atoms with Crippen LogP contribution in [-0.2, 0) is 11.3 Å². The van der Waals surface area contributed by atoms with Crippen molar-refractivity contribution in [3.05, 3.63) is 60.1 Å². The Labute approximate surface area is 126 Å². The molecule has 112 valence electrons. The van der Waals surface area contributed by atoms with Gasteiger partial charge >= 0.3 is 5.97 Å². The van der Waals surface area contributed by atoms with E-state index in [4.69, 9.17) is 4.74 Å². The molecule has 3 rings (SSSR count). The van der Waals surface area contributed by atoms with Gasteiger partial charge in [-0.2, -0.15) is 0 Å². The predicted octanol–water partition coefficient (Wildman–Crippen LogP) is 2.80. The molecule has 0 aliphatic carbocycles. The first-order valence-electron chi connectivity index (χ1n) is 6.90. The molecule has 0 fully saturated rings. The largest absolute Gasteiger partial charge is 0.461 e. The van der Waals surface area contributed by atoms with Crippen molar-refractivity contribution in [3.63, 3.8) is 0 Å². The maximum atomic E-state index is 13.4. The van der Waals surface area contributed by atoms with Crippen LogP contribution in [0.3, 0.4) is 0 Å². The van der Waals surface area contributed by atoms with Crippen LogP contribution in [0.15, 0.2) is 42.9 Å². The highest BCUT2D eigenvalue weighted by atomic mass is 19.1. The lowest BCUT2D eigenvalue weighted by atomic mass is 10.2. The smallest absolute Gasteiger partial charge is 0.354 e. The SMILES string of the molecule is CCOC(=O)c1cc2cc(F)ccc2n1Cc1cnccn1. The molecule has 0 spiro atoms. The Hall–Kier alpha value is -2.76. The second-order valence-corrected chi connectivity index (χ2v) is 4.74. The van der Waals surface area contributed by atoms with Crippen molar-refractivity contribution in [2.45, 2.75) is 13.5 Å². The normalized spacial score (nSPS) is 10.8. The lowest BCUT2D eigenvalue weighted by Crippen LogP contribution is -2.13. The molecule has 0 amide bonds. The second kappa shape index (κ2) is 5.93. The predicted molar refractivity (Wildman–Crippen MR) is 79.0 cm³/mol. The fraction of sp³-hybridized carbons (Fsp3) is 0.188. The van der Waals surface area contributed by atoms with Crippen LogP contribution in [0.25, 0.3) is 10.9 Å². The first-order chi connectivity index (χ1) is 10.7. The van der Waals surface area contributed by atoms with Gasteiger partial charge in [0.25, 0.3) is 0 Å². The number of esters is 1. The van der Waals surface area contributed by atoms with E-state index in [-0.39, 0.29) is 12.4 Å². The van der Waals surface area contributed by atoms with E-state index in [2.05, 4.69) is 9.97 Å². The van der Waals surface area contributed by atoms with Gasteiger partial charge in [0.1, 0.15) is 11.5 Å². The van der Waals surface area contributed by atoms with Crippen molar-refractivity contribution in [2.24, 2.45) is 0 Å². The van der Waals surface area contributed by atoms with Gasteiger partial charge in [0.2, 0.25) is 0 Å². The quantitative estimate of drug-likeness (QED) is 0.695. The zero-order valence-corrected chi connectivity index (χ0v) is 12.0. The minimum atomic E-state index is -0.442. The fourth-order valence-corrected chi connectivity index (χ4v) is 2.36. The zero-order chi connectivity index (χ0) is 15.5.